The van der Waals surface area contributed by atoms with Crippen LogP contribution >= 0.6 is 0 Å². The largest absolute Gasteiger partial charge is 0.507 e. The zero-order valence-corrected chi connectivity index (χ0v) is 23.9. The number of phenolic OH excluding ortho intramolecular Hbond substituents is 1. The first kappa shape index (κ1) is 27.9. The van der Waals surface area contributed by atoms with Crippen LogP contribution in [0.5, 0.6) is 5.75 Å². The molecule has 2 aliphatic heterocycles. The third-order valence-electron chi connectivity index (χ3n) is 9.02. The van der Waals surface area contributed by atoms with E-state index in [0.29, 0.717) is 41.6 Å². The van der Waals surface area contributed by atoms with Gasteiger partial charge in [-0.05, 0) is 82.2 Å². The molecule has 1 N–H and O–H groups in total. The zero-order chi connectivity index (χ0) is 27.4. The highest BCUT2D eigenvalue weighted by Crippen LogP contribution is 2.35. The lowest BCUT2D eigenvalue weighted by molar-refractivity contribution is 0.0372. The van der Waals surface area contributed by atoms with E-state index in [1.54, 1.807) is 7.11 Å². The second-order valence-corrected chi connectivity index (χ2v) is 11.6. The molecule has 2 atom stereocenters. The summed E-state index contributed by atoms with van der Waals surface area (Å²) in [6, 6.07) is 12.8. The summed E-state index contributed by atoms with van der Waals surface area (Å²) in [4.78, 5) is 18.2. The van der Waals surface area contributed by atoms with Crippen LogP contribution < -0.4 is 5.63 Å². The minimum atomic E-state index is -0.324. The molecule has 2 saturated heterocycles. The van der Waals surface area contributed by atoms with Crippen molar-refractivity contribution in [2.24, 2.45) is 5.92 Å². The highest BCUT2D eigenvalue weighted by Gasteiger charge is 2.34. The Labute approximate surface area is 232 Å². The van der Waals surface area contributed by atoms with Crippen molar-refractivity contribution in [2.45, 2.75) is 71.4 Å². The van der Waals surface area contributed by atoms with Gasteiger partial charge in [0.2, 0.25) is 0 Å². The van der Waals surface area contributed by atoms with E-state index in [1.807, 2.05) is 44.2 Å². The molecule has 2 unspecified atom stereocenters. The lowest BCUT2D eigenvalue weighted by Crippen LogP contribution is -2.51. The Morgan fingerprint density at radius 1 is 1.08 bits per heavy atom. The summed E-state index contributed by atoms with van der Waals surface area (Å²) in [5, 5.41) is 12.2. The standard InChI is InChI=1S/C33H44N2O4/c1-23-28-20-27(31(36)24(2)32(28)39-33(37)29(23)19-25-11-5-4-6-12-25)22-34(15-10-18-38-3)21-26-13-9-17-35-16-8-7-14-30(26)35/h4-6,11-12,20,26,30,36H,7-10,13-19,21-22H2,1-3H3. The van der Waals surface area contributed by atoms with Gasteiger partial charge in [-0.1, -0.05) is 36.8 Å². The van der Waals surface area contributed by atoms with Crippen LogP contribution in [0.1, 0.15) is 66.3 Å². The Kier molecular flexibility index (Phi) is 9.06. The molecule has 5 rings (SSSR count). The highest BCUT2D eigenvalue weighted by atomic mass is 16.5. The molecule has 0 radical (unpaired) electrons. The van der Waals surface area contributed by atoms with Gasteiger partial charge in [-0.15, -0.1) is 0 Å². The SMILES string of the molecule is COCCCN(Cc1cc2c(C)c(Cc3ccccc3)c(=O)oc2c(C)c1O)CC1CCCN2CCCCC12. The molecule has 1 aromatic heterocycles. The Morgan fingerprint density at radius 3 is 2.67 bits per heavy atom. The van der Waals surface area contributed by atoms with Crippen LogP contribution in [0.4, 0.5) is 0 Å². The van der Waals surface area contributed by atoms with Gasteiger partial charge in [0.15, 0.2) is 0 Å². The van der Waals surface area contributed by atoms with E-state index in [9.17, 15) is 9.90 Å². The van der Waals surface area contributed by atoms with E-state index in [1.165, 1.54) is 45.2 Å². The maximum Gasteiger partial charge on any atom is 0.340 e. The molecule has 6 heteroatoms. The molecule has 2 fully saturated rings. The quantitative estimate of drug-likeness (QED) is 0.263. The number of methoxy groups -OCH3 is 1. The normalized spacial score (nSPS) is 20.0. The molecular formula is C33H44N2O4. The van der Waals surface area contributed by atoms with Gasteiger partial charge >= 0.3 is 5.63 Å². The average molecular weight is 533 g/mol. The number of fused-ring (bicyclic) bond motifs is 2. The Balaban J connectivity index is 1.45. The summed E-state index contributed by atoms with van der Waals surface area (Å²) in [5.74, 6) is 0.892. The lowest BCUT2D eigenvalue weighted by Gasteiger charge is -2.45. The number of piperidine rings is 2. The summed E-state index contributed by atoms with van der Waals surface area (Å²) in [6.45, 7) is 9.70. The fourth-order valence-electron chi connectivity index (χ4n) is 6.89. The third-order valence-corrected chi connectivity index (χ3v) is 9.02. The first-order chi connectivity index (χ1) is 19.0. The number of hydrogen-bond donors (Lipinski definition) is 1. The van der Waals surface area contributed by atoms with Gasteiger partial charge in [0.25, 0.3) is 0 Å². The van der Waals surface area contributed by atoms with Crippen LogP contribution in [0.2, 0.25) is 0 Å². The van der Waals surface area contributed by atoms with Gasteiger partial charge in [-0.2, -0.15) is 0 Å². The van der Waals surface area contributed by atoms with Crippen molar-refractivity contribution in [3.8, 4) is 5.75 Å². The van der Waals surface area contributed by atoms with Crippen molar-refractivity contribution < 1.29 is 14.3 Å². The van der Waals surface area contributed by atoms with Crippen LogP contribution in [-0.4, -0.2) is 60.8 Å². The van der Waals surface area contributed by atoms with Crippen LogP contribution in [-0.2, 0) is 17.7 Å². The average Bonchev–Trinajstić information content (AvgIpc) is 2.95. The Bertz CT molecular complexity index is 1320. The molecule has 6 nitrogen and oxygen atoms in total. The van der Waals surface area contributed by atoms with Crippen LogP contribution in [0.3, 0.4) is 0 Å². The van der Waals surface area contributed by atoms with E-state index in [4.69, 9.17) is 9.15 Å². The second-order valence-electron chi connectivity index (χ2n) is 11.6. The number of rotatable bonds is 10. The van der Waals surface area contributed by atoms with Gasteiger partial charge in [-0.25, -0.2) is 4.79 Å². The maximum atomic E-state index is 13.0. The Hall–Kier alpha value is -2.67. The van der Waals surface area contributed by atoms with E-state index in [0.717, 1.165) is 48.2 Å². The van der Waals surface area contributed by atoms with Crippen molar-refractivity contribution in [1.29, 1.82) is 0 Å². The molecule has 210 valence electrons. The van der Waals surface area contributed by atoms with Crippen LogP contribution in [0, 0.1) is 19.8 Å². The Morgan fingerprint density at radius 2 is 1.87 bits per heavy atom. The zero-order valence-electron chi connectivity index (χ0n) is 23.9. The smallest absolute Gasteiger partial charge is 0.340 e. The summed E-state index contributed by atoms with van der Waals surface area (Å²) in [6.07, 6.45) is 8.00. The van der Waals surface area contributed by atoms with Crippen molar-refractivity contribution in [3.63, 3.8) is 0 Å². The van der Waals surface area contributed by atoms with Crippen molar-refractivity contribution in [1.82, 2.24) is 9.80 Å². The van der Waals surface area contributed by atoms with E-state index in [2.05, 4.69) is 15.9 Å². The fraction of sp³-hybridized carbons (Fsp3) is 0.545. The maximum absolute atomic E-state index is 13.0. The van der Waals surface area contributed by atoms with Gasteiger partial charge in [0.1, 0.15) is 11.3 Å². The highest BCUT2D eigenvalue weighted by molar-refractivity contribution is 5.86. The van der Waals surface area contributed by atoms with Crippen molar-refractivity contribution in [2.75, 3.05) is 39.9 Å². The number of nitrogens with zero attached hydrogens (tertiary/aromatic N) is 2. The minimum absolute atomic E-state index is 0.237. The van der Waals surface area contributed by atoms with Crippen molar-refractivity contribution in [3.05, 3.63) is 74.6 Å². The van der Waals surface area contributed by atoms with Crippen molar-refractivity contribution >= 4 is 11.0 Å². The number of aryl methyl sites for hydroxylation is 2. The number of benzene rings is 2. The van der Waals surface area contributed by atoms with Gasteiger partial charge in [0.05, 0.1) is 0 Å². The molecule has 0 spiro atoms. The molecule has 3 heterocycles. The van der Waals surface area contributed by atoms with E-state index >= 15 is 0 Å². The summed E-state index contributed by atoms with van der Waals surface area (Å²) in [7, 11) is 1.76. The second kappa shape index (κ2) is 12.7. The number of phenols is 1. The summed E-state index contributed by atoms with van der Waals surface area (Å²) >= 11 is 0. The van der Waals surface area contributed by atoms with E-state index in [-0.39, 0.29) is 11.4 Å². The predicted molar refractivity (Wildman–Crippen MR) is 157 cm³/mol. The molecule has 2 aliphatic rings. The van der Waals surface area contributed by atoms with Crippen LogP contribution in [0.15, 0.2) is 45.6 Å². The number of ether oxygens (including phenoxy) is 1. The number of aromatic hydroxyl groups is 1. The summed E-state index contributed by atoms with van der Waals surface area (Å²) < 4.78 is 11.2. The molecular weight excluding hydrogens is 488 g/mol. The predicted octanol–water partition coefficient (Wildman–Crippen LogP) is 5.81. The molecule has 39 heavy (non-hydrogen) atoms. The monoisotopic (exact) mass is 532 g/mol. The molecule has 0 saturated carbocycles. The lowest BCUT2D eigenvalue weighted by atomic mass is 9.83. The van der Waals surface area contributed by atoms with E-state index < -0.39 is 0 Å². The van der Waals surface area contributed by atoms with Gasteiger partial charge in [0, 0.05) is 67.9 Å². The van der Waals surface area contributed by atoms with Gasteiger partial charge in [-0.3, -0.25) is 4.90 Å². The molecule has 0 amide bonds. The first-order valence-electron chi connectivity index (χ1n) is 14.7. The fourth-order valence-corrected chi connectivity index (χ4v) is 6.89. The summed E-state index contributed by atoms with van der Waals surface area (Å²) in [5.41, 5.74) is 4.41. The molecule has 2 aromatic carbocycles. The number of hydrogen-bond acceptors (Lipinski definition) is 6. The minimum Gasteiger partial charge on any atom is -0.507 e. The van der Waals surface area contributed by atoms with Crippen LogP contribution in [0.25, 0.3) is 11.0 Å². The third kappa shape index (κ3) is 6.24. The molecule has 0 aliphatic carbocycles. The topological polar surface area (TPSA) is 66.1 Å². The molecule has 3 aromatic rings. The van der Waals surface area contributed by atoms with Gasteiger partial charge < -0.3 is 19.2 Å². The molecule has 0 bridgehead atoms. The first-order valence-corrected chi connectivity index (χ1v) is 14.7.